The number of nitrogens with zero attached hydrogens (tertiary/aromatic N) is 2. The summed E-state index contributed by atoms with van der Waals surface area (Å²) in [5.74, 6) is 0.00812. The zero-order valence-electron chi connectivity index (χ0n) is 13.2. The first-order valence-electron chi connectivity index (χ1n) is 7.92. The molecule has 2 atom stereocenters. The van der Waals surface area contributed by atoms with Gasteiger partial charge in [-0.2, -0.15) is 0 Å². The maximum absolute atomic E-state index is 13.2. The molecule has 2 aromatic heterocycles. The van der Waals surface area contributed by atoms with Gasteiger partial charge in [0.25, 0.3) is 0 Å². The number of imidazole rings is 1. The van der Waals surface area contributed by atoms with Gasteiger partial charge < -0.3 is 19.6 Å². The van der Waals surface area contributed by atoms with Crippen molar-refractivity contribution < 1.29 is 19.0 Å². The number of amides is 1. The first kappa shape index (κ1) is 15.6. The third kappa shape index (κ3) is 3.06. The van der Waals surface area contributed by atoms with E-state index in [-0.39, 0.29) is 24.8 Å². The second kappa shape index (κ2) is 6.18. The number of carbonyl (C=O) groups excluding carboxylic acids is 1. The summed E-state index contributed by atoms with van der Waals surface area (Å²) in [6.45, 7) is 0.121. The average Bonchev–Trinajstić information content (AvgIpc) is 2.98. The van der Waals surface area contributed by atoms with E-state index in [0.29, 0.717) is 17.1 Å². The van der Waals surface area contributed by atoms with Crippen LogP contribution in [-0.2, 0) is 11.2 Å². The molecule has 0 saturated carbocycles. The summed E-state index contributed by atoms with van der Waals surface area (Å²) in [4.78, 5) is 16.7. The van der Waals surface area contributed by atoms with Crippen molar-refractivity contribution in [2.75, 3.05) is 6.61 Å². The molecule has 4 rings (SSSR count). The zero-order chi connectivity index (χ0) is 17.4. The van der Waals surface area contributed by atoms with Gasteiger partial charge in [-0.05, 0) is 18.2 Å². The Morgan fingerprint density at radius 3 is 3.04 bits per heavy atom. The summed E-state index contributed by atoms with van der Waals surface area (Å²) in [5, 5.41) is 13.0. The summed E-state index contributed by atoms with van der Waals surface area (Å²) in [6.07, 6.45) is 2.14. The molecule has 0 bridgehead atoms. The number of aliphatic hydroxyl groups excluding tert-OH is 1. The van der Waals surface area contributed by atoms with Crippen molar-refractivity contribution in [3.63, 3.8) is 0 Å². The molecule has 0 aliphatic carbocycles. The lowest BCUT2D eigenvalue weighted by Crippen LogP contribution is -2.42. The van der Waals surface area contributed by atoms with Crippen LogP contribution in [0.15, 0.2) is 48.8 Å². The summed E-state index contributed by atoms with van der Waals surface area (Å²) in [5.41, 5.74) is 1.84. The van der Waals surface area contributed by atoms with E-state index in [1.807, 2.05) is 18.2 Å². The monoisotopic (exact) mass is 341 g/mol. The number of hydrogen-bond donors (Lipinski definition) is 2. The molecule has 1 amide bonds. The Hall–Kier alpha value is -2.93. The van der Waals surface area contributed by atoms with Gasteiger partial charge in [0.2, 0.25) is 5.91 Å². The van der Waals surface area contributed by atoms with Crippen LogP contribution >= 0.6 is 0 Å². The van der Waals surface area contributed by atoms with E-state index in [4.69, 9.17) is 4.74 Å². The fourth-order valence-electron chi connectivity index (χ4n) is 3.01. The number of rotatable bonds is 3. The maximum atomic E-state index is 13.2. The van der Waals surface area contributed by atoms with Gasteiger partial charge in [0, 0.05) is 18.0 Å². The van der Waals surface area contributed by atoms with Crippen LogP contribution in [0.5, 0.6) is 5.75 Å². The first-order valence-corrected chi connectivity index (χ1v) is 7.92. The summed E-state index contributed by atoms with van der Waals surface area (Å²) >= 11 is 0. The molecule has 0 fully saturated rings. The van der Waals surface area contributed by atoms with Crippen LogP contribution in [0.2, 0.25) is 0 Å². The van der Waals surface area contributed by atoms with E-state index in [1.165, 1.54) is 16.7 Å². The largest absolute Gasteiger partial charge is 0.490 e. The van der Waals surface area contributed by atoms with Crippen molar-refractivity contribution in [1.29, 1.82) is 0 Å². The Bertz CT molecular complexity index is 940. The topological polar surface area (TPSA) is 75.9 Å². The van der Waals surface area contributed by atoms with Gasteiger partial charge in [-0.1, -0.05) is 18.2 Å². The lowest BCUT2D eigenvalue weighted by Gasteiger charge is -2.31. The minimum Gasteiger partial charge on any atom is -0.490 e. The zero-order valence-corrected chi connectivity index (χ0v) is 13.2. The summed E-state index contributed by atoms with van der Waals surface area (Å²) in [6, 6.07) is 9.62. The lowest BCUT2D eigenvalue weighted by molar-refractivity contribution is -0.122. The van der Waals surface area contributed by atoms with Crippen molar-refractivity contribution in [2.24, 2.45) is 0 Å². The highest BCUT2D eigenvalue weighted by Crippen LogP contribution is 2.31. The normalized spacial score (nSPS) is 19.3. The van der Waals surface area contributed by atoms with Gasteiger partial charge in [0.1, 0.15) is 29.9 Å². The van der Waals surface area contributed by atoms with Crippen LogP contribution in [0.3, 0.4) is 0 Å². The Morgan fingerprint density at radius 2 is 2.16 bits per heavy atom. The van der Waals surface area contributed by atoms with Crippen LogP contribution in [0.25, 0.3) is 5.65 Å². The van der Waals surface area contributed by atoms with Gasteiger partial charge in [0.15, 0.2) is 0 Å². The average molecular weight is 341 g/mol. The number of benzene rings is 1. The number of pyridine rings is 1. The molecule has 3 aromatic rings. The third-order valence-electron chi connectivity index (χ3n) is 4.17. The number of aromatic nitrogens is 2. The van der Waals surface area contributed by atoms with E-state index in [0.717, 1.165) is 5.56 Å². The van der Waals surface area contributed by atoms with Gasteiger partial charge >= 0.3 is 0 Å². The lowest BCUT2D eigenvalue weighted by atomic mass is 9.98. The van der Waals surface area contributed by atoms with Crippen LogP contribution in [0.4, 0.5) is 4.39 Å². The Balaban J connectivity index is 1.51. The number of halogens is 1. The van der Waals surface area contributed by atoms with E-state index in [2.05, 4.69) is 10.3 Å². The van der Waals surface area contributed by atoms with E-state index in [1.54, 1.807) is 18.3 Å². The van der Waals surface area contributed by atoms with Crippen LogP contribution in [-0.4, -0.2) is 33.1 Å². The quantitative estimate of drug-likeness (QED) is 0.759. The van der Waals surface area contributed by atoms with E-state index in [9.17, 15) is 14.3 Å². The van der Waals surface area contributed by atoms with Crippen LogP contribution in [0.1, 0.15) is 17.3 Å². The number of carbonyl (C=O) groups is 1. The van der Waals surface area contributed by atoms with E-state index >= 15 is 0 Å². The highest BCUT2D eigenvalue weighted by Gasteiger charge is 2.30. The van der Waals surface area contributed by atoms with Gasteiger partial charge in [0.05, 0.1) is 18.2 Å². The van der Waals surface area contributed by atoms with Gasteiger partial charge in [-0.25, -0.2) is 9.37 Å². The van der Waals surface area contributed by atoms with Crippen molar-refractivity contribution >= 4 is 11.6 Å². The van der Waals surface area contributed by atoms with Crippen LogP contribution in [0, 0.1) is 5.82 Å². The molecule has 128 valence electrons. The smallest absolute Gasteiger partial charge is 0.226 e. The molecule has 2 N–H and O–H groups in total. The summed E-state index contributed by atoms with van der Waals surface area (Å²) < 4.78 is 20.2. The predicted octanol–water partition coefficient (Wildman–Crippen LogP) is 1.63. The molecule has 7 heteroatoms. The molecule has 25 heavy (non-hydrogen) atoms. The number of hydrogen-bond acceptors (Lipinski definition) is 4. The second-order valence-corrected chi connectivity index (χ2v) is 5.98. The highest BCUT2D eigenvalue weighted by molar-refractivity contribution is 5.79. The first-order chi connectivity index (χ1) is 12.1. The molecule has 0 spiro atoms. The molecule has 1 aliphatic rings. The van der Waals surface area contributed by atoms with Crippen molar-refractivity contribution in [3.05, 3.63) is 65.9 Å². The van der Waals surface area contributed by atoms with Crippen molar-refractivity contribution in [2.45, 2.75) is 18.6 Å². The van der Waals surface area contributed by atoms with Crippen LogP contribution < -0.4 is 10.1 Å². The highest BCUT2D eigenvalue weighted by atomic mass is 19.1. The Labute approximate surface area is 142 Å². The van der Waals surface area contributed by atoms with Crippen molar-refractivity contribution in [1.82, 2.24) is 14.7 Å². The molecule has 1 aliphatic heterocycles. The number of para-hydroxylation sites is 1. The molecule has 0 saturated heterocycles. The fourth-order valence-corrected chi connectivity index (χ4v) is 3.01. The predicted molar refractivity (Wildman–Crippen MR) is 87.7 cm³/mol. The SMILES string of the molecule is O=C(Cc1cn2cc(F)ccc2n1)N[C@H]1c2ccccc2OC[C@H]1O. The minimum atomic E-state index is -0.825. The molecule has 0 unspecified atom stereocenters. The maximum Gasteiger partial charge on any atom is 0.226 e. The number of fused-ring (bicyclic) bond motifs is 2. The fraction of sp³-hybridized carbons (Fsp3) is 0.222. The van der Waals surface area contributed by atoms with Crippen molar-refractivity contribution in [3.8, 4) is 5.75 Å². The molecular formula is C18H16FN3O3. The molecule has 6 nitrogen and oxygen atoms in total. The number of nitrogens with one attached hydrogen (secondary N) is 1. The molecule has 0 radical (unpaired) electrons. The number of ether oxygens (including phenoxy) is 1. The summed E-state index contributed by atoms with van der Waals surface area (Å²) in [7, 11) is 0. The molecule has 3 heterocycles. The van der Waals surface area contributed by atoms with Gasteiger partial charge in [-0.3, -0.25) is 4.79 Å². The Morgan fingerprint density at radius 1 is 1.32 bits per heavy atom. The van der Waals surface area contributed by atoms with Gasteiger partial charge in [-0.15, -0.1) is 0 Å². The number of aliphatic hydroxyl groups is 1. The molecular weight excluding hydrogens is 325 g/mol. The Kier molecular flexibility index (Phi) is 3.85. The third-order valence-corrected chi connectivity index (χ3v) is 4.17. The second-order valence-electron chi connectivity index (χ2n) is 5.98. The molecule has 1 aromatic carbocycles. The standard InChI is InChI=1S/C18H16FN3O3/c19-11-5-6-16-20-12(9-22(16)8-11)7-17(24)21-18-13-3-1-2-4-15(13)25-10-14(18)23/h1-6,8-9,14,18,23H,7,10H2,(H,21,24)/t14-,18+/m1/s1. The minimum absolute atomic E-state index is 0.0372. The van der Waals surface area contributed by atoms with E-state index < -0.39 is 12.1 Å².